The van der Waals surface area contributed by atoms with Gasteiger partial charge in [-0.25, -0.2) is 4.79 Å². The van der Waals surface area contributed by atoms with Crippen LogP contribution in [0, 0.1) is 0 Å². The molecule has 0 amide bonds. The number of aryl methyl sites for hydroxylation is 1. The van der Waals surface area contributed by atoms with Crippen LogP contribution in [0.5, 0.6) is 0 Å². The quantitative estimate of drug-likeness (QED) is 0.799. The van der Waals surface area contributed by atoms with Crippen molar-refractivity contribution in [3.05, 3.63) is 64.2 Å². The molecular weight excluding hydrogens is 292 g/mol. The van der Waals surface area contributed by atoms with Crippen molar-refractivity contribution >= 4 is 29.3 Å². The highest BCUT2D eigenvalue weighted by molar-refractivity contribution is 7.98. The molecule has 0 heterocycles. The Kier molecular flexibility index (Phi) is 5.10. The van der Waals surface area contributed by atoms with Gasteiger partial charge in [0.05, 0.1) is 10.6 Å². The lowest BCUT2D eigenvalue weighted by atomic mass is 10.1. The van der Waals surface area contributed by atoms with E-state index < -0.39 is 5.97 Å². The van der Waals surface area contributed by atoms with E-state index in [1.165, 1.54) is 11.1 Å². The summed E-state index contributed by atoms with van der Waals surface area (Å²) in [7, 11) is 0. The number of benzene rings is 2. The smallest absolute Gasteiger partial charge is 0.337 e. The summed E-state index contributed by atoms with van der Waals surface area (Å²) in [6.07, 6.45) is 1.03. The fraction of sp³-hybridized carbons (Fsp3) is 0.188. The average molecular weight is 307 g/mol. The van der Waals surface area contributed by atoms with Crippen molar-refractivity contribution in [1.29, 1.82) is 0 Å². The maximum Gasteiger partial charge on any atom is 0.337 e. The Labute approximate surface area is 127 Å². The minimum absolute atomic E-state index is 0.151. The van der Waals surface area contributed by atoms with E-state index in [-0.39, 0.29) is 10.6 Å². The van der Waals surface area contributed by atoms with Gasteiger partial charge in [-0.1, -0.05) is 42.8 Å². The monoisotopic (exact) mass is 306 g/mol. The summed E-state index contributed by atoms with van der Waals surface area (Å²) in [6.45, 7) is 2.13. The zero-order chi connectivity index (χ0) is 14.5. The fourth-order valence-electron chi connectivity index (χ4n) is 1.80. The predicted octanol–water partition coefficient (Wildman–Crippen LogP) is 4.89. The molecule has 0 atom stereocenters. The van der Waals surface area contributed by atoms with E-state index in [2.05, 4.69) is 31.2 Å². The predicted molar refractivity (Wildman–Crippen MR) is 83.8 cm³/mol. The molecule has 0 aliphatic rings. The summed E-state index contributed by atoms with van der Waals surface area (Å²) in [4.78, 5) is 11.9. The van der Waals surface area contributed by atoms with Crippen LogP contribution < -0.4 is 0 Å². The van der Waals surface area contributed by atoms with Gasteiger partial charge in [-0.3, -0.25) is 0 Å². The number of halogens is 1. The zero-order valence-electron chi connectivity index (χ0n) is 11.1. The van der Waals surface area contributed by atoms with Crippen LogP contribution in [0.1, 0.15) is 28.4 Å². The highest BCUT2D eigenvalue weighted by Crippen LogP contribution is 2.27. The van der Waals surface area contributed by atoms with Crippen LogP contribution in [-0.2, 0) is 12.2 Å². The average Bonchev–Trinajstić information content (AvgIpc) is 2.46. The molecule has 2 aromatic rings. The molecule has 0 unspecified atom stereocenters. The van der Waals surface area contributed by atoms with Crippen LogP contribution in [-0.4, -0.2) is 11.1 Å². The van der Waals surface area contributed by atoms with E-state index in [4.69, 9.17) is 16.7 Å². The third-order valence-corrected chi connectivity index (χ3v) is 4.40. The van der Waals surface area contributed by atoms with Crippen LogP contribution in [0.3, 0.4) is 0 Å². The van der Waals surface area contributed by atoms with Crippen molar-refractivity contribution < 1.29 is 9.90 Å². The number of hydrogen-bond donors (Lipinski definition) is 1. The number of carbonyl (C=O) groups is 1. The summed E-state index contributed by atoms with van der Waals surface area (Å²) in [5.41, 5.74) is 2.69. The van der Waals surface area contributed by atoms with Crippen molar-refractivity contribution in [3.8, 4) is 0 Å². The van der Waals surface area contributed by atoms with Crippen LogP contribution in [0.15, 0.2) is 47.4 Å². The minimum atomic E-state index is -0.996. The van der Waals surface area contributed by atoms with Gasteiger partial charge in [0.25, 0.3) is 0 Å². The van der Waals surface area contributed by atoms with Crippen molar-refractivity contribution in [2.75, 3.05) is 0 Å². The van der Waals surface area contributed by atoms with Gasteiger partial charge in [0.2, 0.25) is 0 Å². The Morgan fingerprint density at radius 2 is 1.80 bits per heavy atom. The Morgan fingerprint density at radius 3 is 2.40 bits per heavy atom. The molecule has 0 aromatic heterocycles. The lowest BCUT2D eigenvalue weighted by Gasteiger charge is -2.05. The van der Waals surface area contributed by atoms with E-state index >= 15 is 0 Å². The highest BCUT2D eigenvalue weighted by atomic mass is 35.5. The number of carboxylic acid groups (broad SMARTS) is 1. The summed E-state index contributed by atoms with van der Waals surface area (Å²) in [5, 5.41) is 9.31. The molecule has 0 spiro atoms. The first-order valence-corrected chi connectivity index (χ1v) is 7.70. The number of carboxylic acids is 1. The number of hydrogen-bond acceptors (Lipinski definition) is 2. The maximum atomic E-state index is 11.0. The fourth-order valence-corrected chi connectivity index (χ4v) is 2.89. The summed E-state index contributed by atoms with van der Waals surface area (Å²) < 4.78 is 0. The van der Waals surface area contributed by atoms with Crippen LogP contribution >= 0.6 is 23.4 Å². The molecule has 104 valence electrons. The second-order valence-corrected chi connectivity index (χ2v) is 5.86. The minimum Gasteiger partial charge on any atom is -0.478 e. The molecule has 2 rings (SSSR count). The van der Waals surface area contributed by atoms with Crippen LogP contribution in [0.4, 0.5) is 0 Å². The molecule has 2 nitrogen and oxygen atoms in total. The second kappa shape index (κ2) is 6.82. The molecule has 0 aliphatic carbocycles. The topological polar surface area (TPSA) is 37.3 Å². The van der Waals surface area contributed by atoms with Gasteiger partial charge < -0.3 is 5.11 Å². The van der Waals surface area contributed by atoms with Gasteiger partial charge in [-0.2, -0.15) is 0 Å². The maximum absolute atomic E-state index is 11.0. The van der Waals surface area contributed by atoms with Crippen molar-refractivity contribution in [2.24, 2.45) is 0 Å². The van der Waals surface area contributed by atoms with Gasteiger partial charge in [-0.15, -0.1) is 11.8 Å². The molecule has 0 saturated carbocycles. The molecule has 4 heteroatoms. The Morgan fingerprint density at radius 1 is 1.15 bits per heavy atom. The lowest BCUT2D eigenvalue weighted by molar-refractivity contribution is 0.0697. The highest BCUT2D eigenvalue weighted by Gasteiger charge is 2.09. The second-order valence-electron chi connectivity index (χ2n) is 4.41. The van der Waals surface area contributed by atoms with Crippen molar-refractivity contribution in [3.63, 3.8) is 0 Å². The third kappa shape index (κ3) is 3.78. The summed E-state index contributed by atoms with van der Waals surface area (Å²) >= 11 is 7.46. The number of thioether (sulfide) groups is 1. The SMILES string of the molecule is CCc1ccc(CSc2ccc(Cl)c(C(=O)O)c2)cc1. The van der Waals surface area contributed by atoms with E-state index in [0.717, 1.165) is 17.1 Å². The standard InChI is InChI=1S/C16H15ClO2S/c1-2-11-3-5-12(6-4-11)10-20-13-7-8-15(17)14(9-13)16(18)19/h3-9H,2,10H2,1H3,(H,18,19). The zero-order valence-corrected chi connectivity index (χ0v) is 12.7. The van der Waals surface area contributed by atoms with Gasteiger partial charge in [0.1, 0.15) is 0 Å². The van der Waals surface area contributed by atoms with Gasteiger partial charge in [-0.05, 0) is 35.7 Å². The molecule has 2 aromatic carbocycles. The van der Waals surface area contributed by atoms with E-state index in [9.17, 15) is 4.79 Å². The molecule has 20 heavy (non-hydrogen) atoms. The van der Waals surface area contributed by atoms with Crippen LogP contribution in [0.25, 0.3) is 0 Å². The van der Waals surface area contributed by atoms with Crippen LogP contribution in [0.2, 0.25) is 5.02 Å². The van der Waals surface area contributed by atoms with Gasteiger partial charge >= 0.3 is 5.97 Å². The molecule has 0 saturated heterocycles. The summed E-state index contributed by atoms with van der Waals surface area (Å²) in [5.74, 6) is -0.185. The van der Waals surface area contributed by atoms with Gasteiger partial charge in [0, 0.05) is 10.6 Å². The molecule has 0 fully saturated rings. The first-order chi connectivity index (χ1) is 9.60. The Hall–Kier alpha value is -1.45. The first-order valence-electron chi connectivity index (χ1n) is 6.33. The summed E-state index contributed by atoms with van der Waals surface area (Å²) in [6, 6.07) is 13.6. The number of aromatic carboxylic acids is 1. The third-order valence-electron chi connectivity index (χ3n) is 3.00. The van der Waals surface area contributed by atoms with Gasteiger partial charge in [0.15, 0.2) is 0 Å². The molecular formula is C16H15ClO2S. The Balaban J connectivity index is 2.06. The molecule has 0 bridgehead atoms. The Bertz CT molecular complexity index is 608. The first kappa shape index (κ1) is 14.9. The molecule has 1 N–H and O–H groups in total. The normalized spacial score (nSPS) is 10.5. The number of rotatable bonds is 5. The van der Waals surface area contributed by atoms with E-state index in [1.54, 1.807) is 23.9 Å². The largest absolute Gasteiger partial charge is 0.478 e. The van der Waals surface area contributed by atoms with E-state index in [0.29, 0.717) is 0 Å². The van der Waals surface area contributed by atoms with E-state index in [1.807, 2.05) is 6.07 Å². The molecule has 0 radical (unpaired) electrons. The lowest BCUT2D eigenvalue weighted by Crippen LogP contribution is -1.97. The van der Waals surface area contributed by atoms with Crippen molar-refractivity contribution in [1.82, 2.24) is 0 Å². The molecule has 0 aliphatic heterocycles. The van der Waals surface area contributed by atoms with Crippen molar-refractivity contribution in [2.45, 2.75) is 24.0 Å².